The van der Waals surface area contributed by atoms with E-state index in [0.29, 0.717) is 21.8 Å². The molecule has 0 saturated carbocycles. The van der Waals surface area contributed by atoms with Crippen LogP contribution in [0.4, 0.5) is 14.5 Å². The van der Waals surface area contributed by atoms with Gasteiger partial charge in [0.25, 0.3) is 5.76 Å². The molecule has 0 spiro atoms. The molecule has 128 valence electrons. The molecule has 0 amide bonds. The van der Waals surface area contributed by atoms with Crippen molar-refractivity contribution >= 4 is 34.8 Å². The maximum Gasteiger partial charge on any atom is 0.288 e. The van der Waals surface area contributed by atoms with Crippen LogP contribution in [0.3, 0.4) is 0 Å². The number of benzene rings is 1. The van der Waals surface area contributed by atoms with Crippen LogP contribution < -0.4 is 10.6 Å². The number of alkyl halides is 2. The molecule has 2 rings (SSSR count). The maximum atomic E-state index is 12.3. The molecule has 0 bridgehead atoms. The second-order valence-electron chi connectivity index (χ2n) is 5.54. The van der Waals surface area contributed by atoms with Crippen LogP contribution in [-0.4, -0.2) is 41.9 Å². The predicted molar refractivity (Wildman–Crippen MR) is 97.4 cm³/mol. The highest BCUT2D eigenvalue weighted by molar-refractivity contribution is 7.99. The molecule has 1 aliphatic heterocycles. The number of hydrogen-bond acceptors (Lipinski definition) is 3. The molecule has 1 aromatic carbocycles. The second kappa shape index (κ2) is 10.1. The third kappa shape index (κ3) is 7.46. The predicted octanol–water partition coefficient (Wildman–Crippen LogP) is 4.16. The SMILES string of the molecule is FC(F)Sc1ccc(NC(=S)NCCCN2CCCCC2)cc1. The lowest BCUT2D eigenvalue weighted by Crippen LogP contribution is -2.34. The van der Waals surface area contributed by atoms with Crippen molar-refractivity contribution in [3.8, 4) is 0 Å². The molecule has 0 aliphatic carbocycles. The fraction of sp³-hybridized carbons (Fsp3) is 0.562. The summed E-state index contributed by atoms with van der Waals surface area (Å²) in [5.74, 6) is -2.39. The van der Waals surface area contributed by atoms with Gasteiger partial charge in [-0.3, -0.25) is 0 Å². The number of rotatable bonds is 7. The van der Waals surface area contributed by atoms with Gasteiger partial charge in [0.2, 0.25) is 0 Å². The van der Waals surface area contributed by atoms with Gasteiger partial charge in [-0.05, 0) is 75.4 Å². The Labute approximate surface area is 146 Å². The molecule has 2 N–H and O–H groups in total. The zero-order valence-corrected chi connectivity index (χ0v) is 14.7. The highest BCUT2D eigenvalue weighted by atomic mass is 32.2. The van der Waals surface area contributed by atoms with Gasteiger partial charge in [-0.25, -0.2) is 0 Å². The number of piperidine rings is 1. The first-order valence-electron chi connectivity index (χ1n) is 7.95. The number of halogens is 2. The Morgan fingerprint density at radius 1 is 1.17 bits per heavy atom. The van der Waals surface area contributed by atoms with Crippen molar-refractivity contribution in [3.63, 3.8) is 0 Å². The molecular weight excluding hydrogens is 336 g/mol. The standard InChI is InChI=1S/C16H23F2N3S2/c17-15(18)23-14-7-5-13(6-8-14)20-16(22)19-9-4-12-21-10-2-1-3-11-21/h5-8,15H,1-4,9-12H2,(H2,19,20,22). The fourth-order valence-electron chi connectivity index (χ4n) is 2.58. The van der Waals surface area contributed by atoms with Crippen molar-refractivity contribution in [2.75, 3.05) is 31.5 Å². The molecule has 0 radical (unpaired) electrons. The summed E-state index contributed by atoms with van der Waals surface area (Å²) in [4.78, 5) is 3.05. The van der Waals surface area contributed by atoms with Crippen LogP contribution in [-0.2, 0) is 0 Å². The minimum absolute atomic E-state index is 0.542. The smallest absolute Gasteiger partial charge is 0.288 e. The van der Waals surface area contributed by atoms with Gasteiger partial charge >= 0.3 is 0 Å². The van der Waals surface area contributed by atoms with Crippen LogP contribution in [0.1, 0.15) is 25.7 Å². The Kier molecular flexibility index (Phi) is 8.05. The molecule has 1 aromatic rings. The summed E-state index contributed by atoms with van der Waals surface area (Å²) in [6.45, 7) is 4.37. The summed E-state index contributed by atoms with van der Waals surface area (Å²) in [5.41, 5.74) is 0.803. The van der Waals surface area contributed by atoms with Crippen LogP contribution in [0.25, 0.3) is 0 Å². The van der Waals surface area contributed by atoms with E-state index in [1.807, 2.05) is 0 Å². The summed E-state index contributed by atoms with van der Waals surface area (Å²) < 4.78 is 24.5. The molecule has 0 aromatic heterocycles. The van der Waals surface area contributed by atoms with Crippen LogP contribution in [0, 0.1) is 0 Å². The van der Waals surface area contributed by atoms with E-state index in [1.54, 1.807) is 24.3 Å². The van der Waals surface area contributed by atoms with Gasteiger partial charge in [0.15, 0.2) is 5.11 Å². The van der Waals surface area contributed by atoms with Gasteiger partial charge in [-0.15, -0.1) is 0 Å². The molecule has 1 heterocycles. The molecule has 1 saturated heterocycles. The van der Waals surface area contributed by atoms with Crippen molar-refractivity contribution in [1.29, 1.82) is 0 Å². The van der Waals surface area contributed by atoms with E-state index in [4.69, 9.17) is 12.2 Å². The van der Waals surface area contributed by atoms with E-state index < -0.39 is 5.76 Å². The van der Waals surface area contributed by atoms with Crippen molar-refractivity contribution in [3.05, 3.63) is 24.3 Å². The normalized spacial score (nSPS) is 15.6. The monoisotopic (exact) mass is 359 g/mol. The summed E-state index contributed by atoms with van der Waals surface area (Å²) in [5, 5.41) is 6.82. The van der Waals surface area contributed by atoms with Crippen molar-refractivity contribution in [2.24, 2.45) is 0 Å². The molecule has 23 heavy (non-hydrogen) atoms. The Morgan fingerprint density at radius 3 is 2.52 bits per heavy atom. The molecule has 3 nitrogen and oxygen atoms in total. The first-order chi connectivity index (χ1) is 11.1. The molecule has 0 unspecified atom stereocenters. The lowest BCUT2D eigenvalue weighted by molar-refractivity contribution is 0.227. The van der Waals surface area contributed by atoms with E-state index in [-0.39, 0.29) is 0 Å². The Morgan fingerprint density at radius 2 is 1.87 bits per heavy atom. The number of thiocarbonyl (C=S) groups is 1. The zero-order valence-electron chi connectivity index (χ0n) is 13.1. The van der Waals surface area contributed by atoms with Gasteiger partial charge < -0.3 is 15.5 Å². The average Bonchev–Trinajstić information content (AvgIpc) is 2.54. The molecule has 1 aliphatic rings. The van der Waals surface area contributed by atoms with Crippen LogP contribution >= 0.6 is 24.0 Å². The highest BCUT2D eigenvalue weighted by Crippen LogP contribution is 2.26. The van der Waals surface area contributed by atoms with E-state index in [0.717, 1.165) is 25.2 Å². The Balaban J connectivity index is 1.62. The lowest BCUT2D eigenvalue weighted by Gasteiger charge is -2.26. The first kappa shape index (κ1) is 18.4. The van der Waals surface area contributed by atoms with Crippen LogP contribution in [0.15, 0.2) is 29.2 Å². The van der Waals surface area contributed by atoms with Crippen molar-refractivity contribution < 1.29 is 8.78 Å². The van der Waals surface area contributed by atoms with E-state index in [9.17, 15) is 8.78 Å². The number of hydrogen-bond donors (Lipinski definition) is 2. The summed E-state index contributed by atoms with van der Waals surface area (Å²) in [6, 6.07) is 6.84. The van der Waals surface area contributed by atoms with Crippen LogP contribution in [0.2, 0.25) is 0 Å². The average molecular weight is 360 g/mol. The second-order valence-corrected chi connectivity index (χ2v) is 7.01. The van der Waals surface area contributed by atoms with E-state index in [2.05, 4.69) is 15.5 Å². The van der Waals surface area contributed by atoms with Crippen molar-refractivity contribution in [2.45, 2.75) is 36.3 Å². The van der Waals surface area contributed by atoms with E-state index in [1.165, 1.54) is 32.4 Å². The van der Waals surface area contributed by atoms with Gasteiger partial charge in [-0.1, -0.05) is 18.2 Å². The number of nitrogens with one attached hydrogen (secondary N) is 2. The minimum Gasteiger partial charge on any atom is -0.362 e. The largest absolute Gasteiger partial charge is 0.362 e. The Hall–Kier alpha value is -0.920. The van der Waals surface area contributed by atoms with Crippen molar-refractivity contribution in [1.82, 2.24) is 10.2 Å². The van der Waals surface area contributed by atoms with Gasteiger partial charge in [0, 0.05) is 17.1 Å². The third-order valence-electron chi connectivity index (χ3n) is 3.72. The van der Waals surface area contributed by atoms with Gasteiger partial charge in [-0.2, -0.15) is 8.78 Å². The zero-order chi connectivity index (χ0) is 16.5. The molecule has 7 heteroatoms. The van der Waals surface area contributed by atoms with E-state index >= 15 is 0 Å². The van der Waals surface area contributed by atoms with Gasteiger partial charge in [0.1, 0.15) is 0 Å². The quantitative estimate of drug-likeness (QED) is 0.433. The molecular formula is C16H23F2N3S2. The molecule has 0 atom stereocenters. The topological polar surface area (TPSA) is 27.3 Å². The summed E-state index contributed by atoms with van der Waals surface area (Å²) >= 11 is 5.79. The number of likely N-dealkylation sites (tertiary alicyclic amines) is 1. The fourth-order valence-corrected chi connectivity index (χ4v) is 3.30. The highest BCUT2D eigenvalue weighted by Gasteiger charge is 2.09. The summed E-state index contributed by atoms with van der Waals surface area (Å²) in [7, 11) is 0. The van der Waals surface area contributed by atoms with Gasteiger partial charge in [0.05, 0.1) is 0 Å². The number of thioether (sulfide) groups is 1. The summed E-state index contributed by atoms with van der Waals surface area (Å²) in [6.07, 6.45) is 5.05. The third-order valence-corrected chi connectivity index (χ3v) is 4.69. The lowest BCUT2D eigenvalue weighted by atomic mass is 10.1. The number of anilines is 1. The maximum absolute atomic E-state index is 12.3. The molecule has 1 fully saturated rings. The van der Waals surface area contributed by atoms with Crippen LogP contribution in [0.5, 0.6) is 0 Å². The Bertz CT molecular complexity index is 477. The minimum atomic E-state index is -2.39. The first-order valence-corrected chi connectivity index (χ1v) is 9.24. The number of nitrogens with zero attached hydrogens (tertiary/aromatic N) is 1.